The van der Waals surface area contributed by atoms with E-state index in [2.05, 4.69) is 32.2 Å². The molecule has 0 bridgehead atoms. The molecule has 1 rings (SSSR count). The highest BCUT2D eigenvalue weighted by Crippen LogP contribution is 2.27. The van der Waals surface area contributed by atoms with Gasteiger partial charge in [0.15, 0.2) is 0 Å². The predicted molar refractivity (Wildman–Crippen MR) is 68.6 cm³/mol. The van der Waals surface area contributed by atoms with Gasteiger partial charge in [-0.05, 0) is 42.9 Å². The molecule has 0 saturated carbocycles. The first-order valence-corrected chi connectivity index (χ1v) is 6.42. The van der Waals surface area contributed by atoms with Crippen molar-refractivity contribution in [2.24, 2.45) is 5.41 Å². The van der Waals surface area contributed by atoms with Crippen LogP contribution in [0.4, 0.5) is 0 Å². The van der Waals surface area contributed by atoms with Gasteiger partial charge < -0.3 is 9.73 Å². The summed E-state index contributed by atoms with van der Waals surface area (Å²) in [5.74, 6) is 0. The number of hydrogen-bond acceptors (Lipinski definition) is 2. The van der Waals surface area contributed by atoms with Crippen LogP contribution in [0.2, 0.25) is 0 Å². The van der Waals surface area contributed by atoms with Crippen LogP contribution in [0, 0.1) is 5.41 Å². The van der Waals surface area contributed by atoms with Gasteiger partial charge in [0.05, 0.1) is 12.5 Å². The lowest BCUT2D eigenvalue weighted by Gasteiger charge is -2.29. The van der Waals surface area contributed by atoms with E-state index in [-0.39, 0.29) is 0 Å². The van der Waals surface area contributed by atoms with E-state index < -0.39 is 0 Å². The van der Waals surface area contributed by atoms with Crippen molar-refractivity contribution in [3.63, 3.8) is 0 Å². The first-order chi connectivity index (χ1) is 7.70. The molecule has 0 aliphatic heterocycles. The molecule has 0 spiro atoms. The van der Waals surface area contributed by atoms with Crippen LogP contribution >= 0.6 is 0 Å². The molecule has 92 valence electrons. The highest BCUT2D eigenvalue weighted by atomic mass is 16.3. The van der Waals surface area contributed by atoms with Gasteiger partial charge in [0.1, 0.15) is 0 Å². The highest BCUT2D eigenvalue weighted by Gasteiger charge is 2.23. The molecule has 0 fully saturated rings. The number of rotatable bonds is 8. The Balaban J connectivity index is 2.50. The summed E-state index contributed by atoms with van der Waals surface area (Å²) in [5, 5.41) is 3.54. The van der Waals surface area contributed by atoms with E-state index in [1.165, 1.54) is 24.8 Å². The molecular weight excluding hydrogens is 198 g/mol. The summed E-state index contributed by atoms with van der Waals surface area (Å²) in [6.07, 6.45) is 8.44. The van der Waals surface area contributed by atoms with Gasteiger partial charge in [-0.2, -0.15) is 0 Å². The van der Waals surface area contributed by atoms with Gasteiger partial charge in [-0.3, -0.25) is 0 Å². The number of hydrogen-bond donors (Lipinski definition) is 1. The van der Waals surface area contributed by atoms with E-state index in [4.69, 9.17) is 4.42 Å². The summed E-state index contributed by atoms with van der Waals surface area (Å²) in [5.41, 5.74) is 1.67. The summed E-state index contributed by atoms with van der Waals surface area (Å²) < 4.78 is 5.14. The number of nitrogens with one attached hydrogen (secondary N) is 1. The van der Waals surface area contributed by atoms with Gasteiger partial charge in [0.2, 0.25) is 0 Å². The van der Waals surface area contributed by atoms with Crippen LogP contribution < -0.4 is 5.32 Å². The Bertz CT molecular complexity index is 268. The fourth-order valence-electron chi connectivity index (χ4n) is 2.30. The zero-order valence-electron chi connectivity index (χ0n) is 10.9. The standard InChI is InChI=1S/C14H25NO/c1-4-7-14(3,12-15-8-5-2)10-13-6-9-16-11-13/h6,9,11,15H,4-5,7-8,10,12H2,1-3H3. The second-order valence-corrected chi connectivity index (χ2v) is 5.05. The average molecular weight is 223 g/mol. The molecule has 1 aromatic heterocycles. The Morgan fingerprint density at radius 2 is 2.12 bits per heavy atom. The summed E-state index contributed by atoms with van der Waals surface area (Å²) in [6, 6.07) is 2.08. The molecule has 2 nitrogen and oxygen atoms in total. The minimum absolute atomic E-state index is 0.355. The van der Waals surface area contributed by atoms with Gasteiger partial charge in [0.25, 0.3) is 0 Å². The molecule has 0 aromatic carbocycles. The van der Waals surface area contributed by atoms with E-state index >= 15 is 0 Å². The normalized spacial score (nSPS) is 14.9. The molecule has 1 N–H and O–H groups in total. The molecule has 2 heteroatoms. The fraction of sp³-hybridized carbons (Fsp3) is 0.714. The van der Waals surface area contributed by atoms with Crippen LogP contribution in [0.3, 0.4) is 0 Å². The third kappa shape index (κ3) is 4.40. The second kappa shape index (κ2) is 6.74. The Labute approximate surface area is 99.4 Å². The van der Waals surface area contributed by atoms with Crippen molar-refractivity contribution in [2.45, 2.75) is 46.5 Å². The Hall–Kier alpha value is -0.760. The molecule has 1 heterocycles. The minimum Gasteiger partial charge on any atom is -0.472 e. The maximum atomic E-state index is 5.14. The van der Waals surface area contributed by atoms with Crippen molar-refractivity contribution in [3.8, 4) is 0 Å². The van der Waals surface area contributed by atoms with Crippen LogP contribution in [0.15, 0.2) is 23.0 Å². The maximum absolute atomic E-state index is 5.14. The van der Waals surface area contributed by atoms with Crippen molar-refractivity contribution in [2.75, 3.05) is 13.1 Å². The predicted octanol–water partition coefficient (Wildman–Crippen LogP) is 3.63. The highest BCUT2D eigenvalue weighted by molar-refractivity contribution is 5.08. The van der Waals surface area contributed by atoms with Crippen molar-refractivity contribution < 1.29 is 4.42 Å². The third-order valence-electron chi connectivity index (χ3n) is 3.04. The van der Waals surface area contributed by atoms with E-state index in [0.29, 0.717) is 5.41 Å². The fourth-order valence-corrected chi connectivity index (χ4v) is 2.30. The third-order valence-corrected chi connectivity index (χ3v) is 3.04. The molecule has 1 aromatic rings. The van der Waals surface area contributed by atoms with Crippen LogP contribution in [0.5, 0.6) is 0 Å². The van der Waals surface area contributed by atoms with Gasteiger partial charge in [-0.15, -0.1) is 0 Å². The second-order valence-electron chi connectivity index (χ2n) is 5.05. The lowest BCUT2D eigenvalue weighted by molar-refractivity contribution is 0.275. The maximum Gasteiger partial charge on any atom is 0.0934 e. The molecule has 16 heavy (non-hydrogen) atoms. The lowest BCUT2D eigenvalue weighted by Crippen LogP contribution is -2.34. The van der Waals surface area contributed by atoms with Gasteiger partial charge >= 0.3 is 0 Å². The molecule has 0 radical (unpaired) electrons. The van der Waals surface area contributed by atoms with E-state index in [0.717, 1.165) is 19.5 Å². The van der Waals surface area contributed by atoms with Crippen molar-refractivity contribution in [1.29, 1.82) is 0 Å². The Morgan fingerprint density at radius 3 is 2.69 bits per heavy atom. The zero-order valence-corrected chi connectivity index (χ0v) is 10.9. The average Bonchev–Trinajstić information content (AvgIpc) is 2.71. The molecular formula is C14H25NO. The summed E-state index contributed by atoms with van der Waals surface area (Å²) in [7, 11) is 0. The van der Waals surface area contributed by atoms with Crippen LogP contribution in [0.25, 0.3) is 0 Å². The Kier molecular flexibility index (Phi) is 5.61. The molecule has 0 aliphatic carbocycles. The summed E-state index contributed by atoms with van der Waals surface area (Å²) >= 11 is 0. The SMILES string of the molecule is CCCNCC(C)(CCC)Cc1ccoc1. The quantitative estimate of drug-likeness (QED) is 0.681. The molecule has 0 aliphatic rings. The largest absolute Gasteiger partial charge is 0.472 e. The van der Waals surface area contributed by atoms with Gasteiger partial charge in [-0.1, -0.05) is 27.2 Å². The summed E-state index contributed by atoms with van der Waals surface area (Å²) in [4.78, 5) is 0. The Morgan fingerprint density at radius 1 is 1.31 bits per heavy atom. The first-order valence-electron chi connectivity index (χ1n) is 6.42. The van der Waals surface area contributed by atoms with Crippen molar-refractivity contribution in [3.05, 3.63) is 24.2 Å². The smallest absolute Gasteiger partial charge is 0.0934 e. The summed E-state index contributed by atoms with van der Waals surface area (Å²) in [6.45, 7) is 9.05. The van der Waals surface area contributed by atoms with E-state index in [9.17, 15) is 0 Å². The molecule has 1 atom stereocenters. The van der Waals surface area contributed by atoms with Gasteiger partial charge in [0, 0.05) is 6.54 Å². The van der Waals surface area contributed by atoms with Crippen LogP contribution in [-0.4, -0.2) is 13.1 Å². The van der Waals surface area contributed by atoms with Gasteiger partial charge in [-0.25, -0.2) is 0 Å². The minimum atomic E-state index is 0.355. The molecule has 1 unspecified atom stereocenters. The first kappa shape index (κ1) is 13.3. The van der Waals surface area contributed by atoms with Crippen molar-refractivity contribution in [1.82, 2.24) is 5.32 Å². The topological polar surface area (TPSA) is 25.2 Å². The molecule has 0 amide bonds. The van der Waals surface area contributed by atoms with Crippen LogP contribution in [-0.2, 0) is 6.42 Å². The molecule has 0 saturated heterocycles. The zero-order chi connectivity index (χ0) is 11.9. The van der Waals surface area contributed by atoms with Crippen LogP contribution in [0.1, 0.15) is 45.6 Å². The van der Waals surface area contributed by atoms with E-state index in [1.807, 2.05) is 6.26 Å². The van der Waals surface area contributed by atoms with Crippen molar-refractivity contribution >= 4 is 0 Å². The van der Waals surface area contributed by atoms with E-state index in [1.54, 1.807) is 6.26 Å². The lowest BCUT2D eigenvalue weighted by atomic mass is 9.80. The number of furan rings is 1. The monoisotopic (exact) mass is 223 g/mol.